The van der Waals surface area contributed by atoms with E-state index in [0.717, 1.165) is 35.3 Å². The first-order valence-electron chi connectivity index (χ1n) is 6.37. The van der Waals surface area contributed by atoms with Crippen LogP contribution < -0.4 is 5.32 Å². The van der Waals surface area contributed by atoms with Crippen molar-refractivity contribution in [3.8, 4) is 11.1 Å². The van der Waals surface area contributed by atoms with Gasteiger partial charge in [0.1, 0.15) is 5.82 Å². The van der Waals surface area contributed by atoms with E-state index in [0.29, 0.717) is 5.02 Å². The Balaban J connectivity index is 2.33. The average molecular weight is 278 g/mol. The van der Waals surface area contributed by atoms with E-state index in [9.17, 15) is 4.39 Å². The van der Waals surface area contributed by atoms with Crippen LogP contribution in [0.2, 0.25) is 5.02 Å². The Morgan fingerprint density at radius 1 is 1.11 bits per heavy atom. The van der Waals surface area contributed by atoms with Crippen molar-refractivity contribution in [3.63, 3.8) is 0 Å². The summed E-state index contributed by atoms with van der Waals surface area (Å²) < 4.78 is 13.4. The maximum absolute atomic E-state index is 13.4. The Labute approximate surface area is 118 Å². The van der Waals surface area contributed by atoms with Crippen LogP contribution >= 0.6 is 11.6 Å². The van der Waals surface area contributed by atoms with Crippen molar-refractivity contribution in [1.82, 2.24) is 5.32 Å². The second-order valence-electron chi connectivity index (χ2n) is 4.60. The van der Waals surface area contributed by atoms with Crippen molar-refractivity contribution in [1.29, 1.82) is 0 Å². The van der Waals surface area contributed by atoms with Crippen LogP contribution in [0.25, 0.3) is 11.1 Å². The van der Waals surface area contributed by atoms with Gasteiger partial charge in [-0.25, -0.2) is 4.39 Å². The van der Waals surface area contributed by atoms with Gasteiger partial charge in [0.25, 0.3) is 0 Å². The lowest BCUT2D eigenvalue weighted by molar-refractivity contribution is 0.627. The minimum Gasteiger partial charge on any atom is -0.313 e. The van der Waals surface area contributed by atoms with Gasteiger partial charge in [-0.05, 0) is 53.9 Å². The molecular formula is C16H17ClFN. The zero-order valence-electron chi connectivity index (χ0n) is 11.1. The summed E-state index contributed by atoms with van der Waals surface area (Å²) in [5.74, 6) is -0.220. The molecule has 0 heterocycles. The van der Waals surface area contributed by atoms with E-state index in [2.05, 4.69) is 12.2 Å². The van der Waals surface area contributed by atoms with Gasteiger partial charge in [-0.15, -0.1) is 0 Å². The second-order valence-corrected chi connectivity index (χ2v) is 5.01. The van der Waals surface area contributed by atoms with Crippen LogP contribution in [-0.4, -0.2) is 6.54 Å². The molecule has 2 aromatic carbocycles. The molecule has 0 atom stereocenters. The third kappa shape index (κ3) is 3.55. The predicted molar refractivity (Wildman–Crippen MR) is 79.0 cm³/mol. The molecular weight excluding hydrogens is 261 g/mol. The monoisotopic (exact) mass is 277 g/mol. The van der Waals surface area contributed by atoms with Gasteiger partial charge in [0, 0.05) is 11.6 Å². The first-order chi connectivity index (χ1) is 9.10. The molecule has 0 saturated carbocycles. The van der Waals surface area contributed by atoms with E-state index in [1.54, 1.807) is 0 Å². The molecule has 3 heteroatoms. The fraction of sp³-hybridized carbons (Fsp3) is 0.250. The highest BCUT2D eigenvalue weighted by Crippen LogP contribution is 2.27. The van der Waals surface area contributed by atoms with Crippen LogP contribution in [0.15, 0.2) is 36.4 Å². The summed E-state index contributed by atoms with van der Waals surface area (Å²) in [6.07, 6.45) is 0. The summed E-state index contributed by atoms with van der Waals surface area (Å²) in [5.41, 5.74) is 3.76. The Kier molecular flexibility index (Phi) is 4.56. The van der Waals surface area contributed by atoms with Gasteiger partial charge < -0.3 is 5.32 Å². The lowest BCUT2D eigenvalue weighted by Crippen LogP contribution is -2.11. The van der Waals surface area contributed by atoms with Crippen molar-refractivity contribution in [2.45, 2.75) is 20.4 Å². The Bertz CT molecular complexity index is 561. The molecule has 2 aromatic rings. The van der Waals surface area contributed by atoms with Crippen molar-refractivity contribution in [2.75, 3.05) is 6.54 Å². The molecule has 19 heavy (non-hydrogen) atoms. The van der Waals surface area contributed by atoms with E-state index in [1.807, 2.05) is 31.2 Å². The zero-order valence-corrected chi connectivity index (χ0v) is 11.9. The first kappa shape index (κ1) is 14.0. The molecule has 0 aromatic heterocycles. The van der Waals surface area contributed by atoms with Crippen LogP contribution in [0.5, 0.6) is 0 Å². The topological polar surface area (TPSA) is 12.0 Å². The standard InChI is InChI=1S/C16H17ClFN/c1-3-19-10-13-5-4-12(9-16(13)17)14-6-11(2)7-15(18)8-14/h4-9,19H,3,10H2,1-2H3. The molecule has 0 bridgehead atoms. The van der Waals surface area contributed by atoms with E-state index in [4.69, 9.17) is 11.6 Å². The summed E-state index contributed by atoms with van der Waals surface area (Å²) in [7, 11) is 0. The number of aryl methyl sites for hydroxylation is 1. The van der Waals surface area contributed by atoms with Gasteiger partial charge in [0.15, 0.2) is 0 Å². The summed E-state index contributed by atoms with van der Waals surface area (Å²) in [5, 5.41) is 3.95. The Hall–Kier alpha value is -1.38. The van der Waals surface area contributed by atoms with Crippen molar-refractivity contribution < 1.29 is 4.39 Å². The molecule has 100 valence electrons. The third-order valence-corrected chi connectivity index (χ3v) is 3.35. The van der Waals surface area contributed by atoms with Gasteiger partial charge >= 0.3 is 0 Å². The van der Waals surface area contributed by atoms with Crippen LogP contribution in [0.3, 0.4) is 0 Å². The normalized spacial score (nSPS) is 10.7. The van der Waals surface area contributed by atoms with E-state index >= 15 is 0 Å². The Morgan fingerprint density at radius 2 is 1.89 bits per heavy atom. The fourth-order valence-corrected chi connectivity index (χ4v) is 2.28. The number of nitrogens with one attached hydrogen (secondary N) is 1. The highest BCUT2D eigenvalue weighted by molar-refractivity contribution is 6.31. The zero-order chi connectivity index (χ0) is 13.8. The molecule has 0 radical (unpaired) electrons. The third-order valence-electron chi connectivity index (χ3n) is 2.99. The lowest BCUT2D eigenvalue weighted by Gasteiger charge is -2.09. The van der Waals surface area contributed by atoms with Gasteiger partial charge in [-0.3, -0.25) is 0 Å². The molecule has 0 unspecified atom stereocenters. The van der Waals surface area contributed by atoms with Gasteiger partial charge in [0.05, 0.1) is 0 Å². The highest BCUT2D eigenvalue weighted by atomic mass is 35.5. The van der Waals surface area contributed by atoms with Crippen LogP contribution in [0.4, 0.5) is 4.39 Å². The number of hydrogen-bond acceptors (Lipinski definition) is 1. The van der Waals surface area contributed by atoms with E-state index in [-0.39, 0.29) is 5.82 Å². The highest BCUT2D eigenvalue weighted by Gasteiger charge is 2.05. The van der Waals surface area contributed by atoms with Gasteiger partial charge in [-0.2, -0.15) is 0 Å². The molecule has 0 spiro atoms. The molecule has 0 aliphatic heterocycles. The van der Waals surface area contributed by atoms with Crippen molar-refractivity contribution in [3.05, 3.63) is 58.4 Å². The van der Waals surface area contributed by atoms with Gasteiger partial charge in [0.2, 0.25) is 0 Å². The maximum Gasteiger partial charge on any atom is 0.124 e. The van der Waals surface area contributed by atoms with E-state index < -0.39 is 0 Å². The Morgan fingerprint density at radius 3 is 2.53 bits per heavy atom. The first-order valence-corrected chi connectivity index (χ1v) is 6.74. The smallest absolute Gasteiger partial charge is 0.124 e. The summed E-state index contributed by atoms with van der Waals surface area (Å²) >= 11 is 6.26. The van der Waals surface area contributed by atoms with Crippen LogP contribution in [0, 0.1) is 12.7 Å². The van der Waals surface area contributed by atoms with E-state index in [1.165, 1.54) is 12.1 Å². The summed E-state index contributed by atoms with van der Waals surface area (Å²) in [6, 6.07) is 10.9. The number of halogens is 2. The molecule has 0 aliphatic rings. The molecule has 0 fully saturated rings. The number of hydrogen-bond donors (Lipinski definition) is 1. The largest absolute Gasteiger partial charge is 0.313 e. The lowest BCUT2D eigenvalue weighted by atomic mass is 10.0. The molecule has 0 amide bonds. The molecule has 0 saturated heterocycles. The minimum absolute atomic E-state index is 0.220. The SMILES string of the molecule is CCNCc1ccc(-c2cc(C)cc(F)c2)cc1Cl. The van der Waals surface area contributed by atoms with Crippen LogP contribution in [0.1, 0.15) is 18.1 Å². The average Bonchev–Trinajstić information content (AvgIpc) is 2.36. The number of benzene rings is 2. The van der Waals surface area contributed by atoms with Crippen molar-refractivity contribution in [2.24, 2.45) is 0 Å². The van der Waals surface area contributed by atoms with Crippen molar-refractivity contribution >= 4 is 11.6 Å². The van der Waals surface area contributed by atoms with Crippen LogP contribution in [-0.2, 0) is 6.54 Å². The molecule has 1 nitrogen and oxygen atoms in total. The summed E-state index contributed by atoms with van der Waals surface area (Å²) in [6.45, 7) is 5.59. The quantitative estimate of drug-likeness (QED) is 0.864. The second kappa shape index (κ2) is 6.18. The number of rotatable bonds is 4. The minimum atomic E-state index is -0.220. The fourth-order valence-electron chi connectivity index (χ4n) is 2.03. The molecule has 2 rings (SSSR count). The van der Waals surface area contributed by atoms with Gasteiger partial charge in [-0.1, -0.05) is 36.7 Å². The predicted octanol–water partition coefficient (Wildman–Crippen LogP) is 4.56. The summed E-state index contributed by atoms with van der Waals surface area (Å²) in [4.78, 5) is 0. The molecule has 1 N–H and O–H groups in total. The maximum atomic E-state index is 13.4. The molecule has 0 aliphatic carbocycles.